The normalized spacial score (nSPS) is 11.8. The fourth-order valence-corrected chi connectivity index (χ4v) is 9.12. The van der Waals surface area contributed by atoms with Crippen molar-refractivity contribution in [1.29, 1.82) is 0 Å². The van der Waals surface area contributed by atoms with E-state index < -0.39 is 26.5 Å². The number of phenols is 2. The van der Waals surface area contributed by atoms with Gasteiger partial charge in [0, 0.05) is 28.2 Å². The largest absolute Gasteiger partial charge is 1.00 e. The van der Waals surface area contributed by atoms with Crippen LogP contribution in [0.3, 0.4) is 0 Å². The van der Waals surface area contributed by atoms with Crippen molar-refractivity contribution >= 4 is 178 Å². The molecule has 0 saturated carbocycles. The summed E-state index contributed by atoms with van der Waals surface area (Å²) in [6, 6.07) is 21.6. The van der Waals surface area contributed by atoms with Crippen molar-refractivity contribution in [3.8, 4) is 11.5 Å². The molecule has 0 radical (unpaired) electrons. The van der Waals surface area contributed by atoms with Crippen molar-refractivity contribution in [3.63, 3.8) is 0 Å². The van der Waals surface area contributed by atoms with E-state index in [1.807, 2.05) is 0 Å². The Bertz CT molecular complexity index is 3420. The first-order chi connectivity index (χ1) is 29.1. The molecule has 0 unspecified atom stereocenters. The number of halogens is 5. The Morgan fingerprint density at radius 1 is 0.619 bits per heavy atom. The Morgan fingerprint density at radius 2 is 1.13 bits per heavy atom. The molecular formula is C37H16Cl5N11Na2O5S3. The summed E-state index contributed by atoms with van der Waals surface area (Å²) in [4.78, 5) is 20.5. The van der Waals surface area contributed by atoms with E-state index in [1.165, 1.54) is 29.5 Å². The number of rotatable bonds is 9. The molecule has 6 aromatic carbocycles. The minimum Gasteiger partial charge on any atom is -0.744 e. The van der Waals surface area contributed by atoms with Gasteiger partial charge in [0.2, 0.25) is 27.4 Å². The van der Waals surface area contributed by atoms with Gasteiger partial charge in [0.25, 0.3) is 0 Å². The topological polar surface area (TPSA) is 236 Å². The van der Waals surface area contributed by atoms with Gasteiger partial charge in [-0.1, -0.05) is 86.6 Å². The van der Waals surface area contributed by atoms with Crippen LogP contribution in [-0.4, -0.2) is 48.1 Å². The third-order valence-electron chi connectivity index (χ3n) is 8.65. The summed E-state index contributed by atoms with van der Waals surface area (Å²) in [5, 5.41) is 47.4. The molecule has 3 aromatic heterocycles. The number of phenolic OH excluding ortho intramolecular Hbond substituents is 2. The van der Waals surface area contributed by atoms with Crippen LogP contribution in [0.2, 0.25) is 25.4 Å². The molecule has 0 fully saturated rings. The van der Waals surface area contributed by atoms with Gasteiger partial charge in [0.15, 0.2) is 5.75 Å². The summed E-state index contributed by atoms with van der Waals surface area (Å²) >= 11 is 33.0. The van der Waals surface area contributed by atoms with E-state index in [0.717, 1.165) is 22.1 Å². The Hall–Kier alpha value is -3.61. The molecule has 0 atom stereocenters. The van der Waals surface area contributed by atoms with Gasteiger partial charge in [-0.3, -0.25) is 0 Å². The van der Waals surface area contributed by atoms with Crippen LogP contribution in [0.1, 0.15) is 0 Å². The maximum atomic E-state index is 12.4. The van der Waals surface area contributed by atoms with Gasteiger partial charge in [0.05, 0.1) is 45.4 Å². The zero-order chi connectivity index (χ0) is 42.7. The van der Waals surface area contributed by atoms with E-state index in [-0.39, 0.29) is 109 Å². The molecule has 0 aliphatic rings. The molecule has 16 nitrogen and oxygen atoms in total. The predicted octanol–water partition coefficient (Wildman–Crippen LogP) is 7.11. The third kappa shape index (κ3) is 10.1. The van der Waals surface area contributed by atoms with Gasteiger partial charge >= 0.3 is 59.1 Å². The van der Waals surface area contributed by atoms with Gasteiger partial charge in [0.1, 0.15) is 15.8 Å². The van der Waals surface area contributed by atoms with Crippen LogP contribution in [-0.2, 0) is 10.1 Å². The Balaban J connectivity index is 0.00000298. The second-order valence-electron chi connectivity index (χ2n) is 12.6. The summed E-state index contributed by atoms with van der Waals surface area (Å²) in [6.07, 6.45) is 0. The molecule has 304 valence electrons. The van der Waals surface area contributed by atoms with E-state index in [2.05, 4.69) is 62.1 Å². The van der Waals surface area contributed by atoms with Crippen molar-refractivity contribution in [2.24, 2.45) is 20.5 Å². The molecular weight excluding hydrogens is 998 g/mol. The van der Waals surface area contributed by atoms with Crippen LogP contribution >= 0.6 is 80.7 Å². The SMILES string of the molecule is O=S(=O)([O-])c1cc2cc(Nc3nc(Cl)nc(Nc4ccc5c(O)c(N=Nc6nc7cc(Cl)c(Cl)cc7s6)[c-]cc5c4)n3)ccc2c(O)c1N=Nc1nc2cc(Cl)c(Cl)cc2s1.[Na+].[Na+]. The molecule has 0 aliphatic heterocycles. The van der Waals surface area contributed by atoms with E-state index >= 15 is 0 Å². The van der Waals surface area contributed by atoms with Crippen LogP contribution in [0.15, 0.2) is 98.1 Å². The average Bonchev–Trinajstić information content (AvgIpc) is 3.79. The molecule has 26 heteroatoms. The van der Waals surface area contributed by atoms with Crippen LogP contribution in [0.4, 0.5) is 44.9 Å². The van der Waals surface area contributed by atoms with Gasteiger partial charge in [-0.15, -0.1) is 20.7 Å². The van der Waals surface area contributed by atoms with E-state index in [0.29, 0.717) is 58.1 Å². The molecule has 0 aliphatic carbocycles. The number of thiazole rings is 2. The summed E-state index contributed by atoms with van der Waals surface area (Å²) in [5.41, 5.74) is 1.47. The monoisotopic (exact) mass is 1010 g/mol. The third-order valence-corrected chi connectivity index (χ3v) is 12.9. The van der Waals surface area contributed by atoms with Gasteiger partial charge < -0.3 is 25.4 Å². The maximum absolute atomic E-state index is 12.4. The fourth-order valence-electron chi connectivity index (χ4n) is 5.92. The van der Waals surface area contributed by atoms with Gasteiger partial charge in [-0.05, 0) is 71.6 Å². The van der Waals surface area contributed by atoms with Crippen LogP contribution < -0.4 is 69.7 Å². The van der Waals surface area contributed by atoms with E-state index in [9.17, 15) is 23.2 Å². The zero-order valence-electron chi connectivity index (χ0n) is 31.7. The van der Waals surface area contributed by atoms with Crippen molar-refractivity contribution in [3.05, 3.63) is 104 Å². The molecule has 63 heavy (non-hydrogen) atoms. The summed E-state index contributed by atoms with van der Waals surface area (Å²) in [7, 11) is -5.17. The van der Waals surface area contributed by atoms with Crippen LogP contribution in [0.5, 0.6) is 11.5 Å². The molecule has 9 aromatic rings. The fraction of sp³-hybridized carbons (Fsp3) is 0. The quantitative estimate of drug-likeness (QED) is 0.0490. The van der Waals surface area contributed by atoms with Crippen molar-refractivity contribution in [1.82, 2.24) is 24.9 Å². The van der Waals surface area contributed by atoms with Gasteiger partial charge in [-0.25, -0.2) is 18.4 Å². The molecule has 4 N–H and O–H groups in total. The summed E-state index contributed by atoms with van der Waals surface area (Å²) in [5.74, 6) is -0.715. The number of azo groups is 2. The number of nitrogens with one attached hydrogen (secondary N) is 2. The Labute approximate surface area is 431 Å². The second kappa shape index (κ2) is 19.1. The smallest absolute Gasteiger partial charge is 0.744 e. The number of benzene rings is 6. The number of aromatic hydroxyl groups is 2. The first-order valence-corrected chi connectivity index (χ1v) is 21.8. The molecule has 3 heterocycles. The molecule has 0 spiro atoms. The molecule has 0 bridgehead atoms. The van der Waals surface area contributed by atoms with Crippen LogP contribution in [0, 0.1) is 6.07 Å². The number of nitrogens with zero attached hydrogens (tertiary/aromatic N) is 9. The molecule has 0 amide bonds. The minimum atomic E-state index is -5.17. The zero-order valence-corrected chi connectivity index (χ0v) is 41.9. The molecule has 0 saturated heterocycles. The second-order valence-corrected chi connectivity index (χ2v) is 17.9. The Morgan fingerprint density at radius 3 is 1.68 bits per heavy atom. The van der Waals surface area contributed by atoms with Crippen LogP contribution in [0.25, 0.3) is 42.0 Å². The number of fused-ring (bicyclic) bond motifs is 4. The summed E-state index contributed by atoms with van der Waals surface area (Å²) < 4.78 is 38.6. The number of hydrogen-bond donors (Lipinski definition) is 4. The number of anilines is 4. The van der Waals surface area contributed by atoms with Gasteiger partial charge in [-0.2, -0.15) is 32.2 Å². The average molecular weight is 1010 g/mol. The first-order valence-electron chi connectivity index (χ1n) is 16.9. The number of hydrogen-bond acceptors (Lipinski definition) is 18. The predicted molar refractivity (Wildman–Crippen MR) is 237 cm³/mol. The van der Waals surface area contributed by atoms with Crippen molar-refractivity contribution in [2.75, 3.05) is 10.6 Å². The summed E-state index contributed by atoms with van der Waals surface area (Å²) in [6.45, 7) is 0. The first kappa shape index (κ1) is 47.4. The minimum absolute atomic E-state index is 0. The van der Waals surface area contributed by atoms with E-state index in [4.69, 9.17) is 58.0 Å². The van der Waals surface area contributed by atoms with E-state index in [1.54, 1.807) is 48.5 Å². The Kier molecular flexibility index (Phi) is 14.3. The number of aromatic nitrogens is 5. The standard InChI is InChI=1S/C37H17Cl5N11O5S3.2Na/c38-20-10-25-27(12-22(20)40)59-36(45-25)52-50-24-6-1-14-7-16(2-4-18(14)31(24)54)43-34-47-33(42)48-35(49-34)44-17-3-5-19-15(8-17)9-29(61(56,57)58)30(32(19)55)51-53-37-46-26-11-21(39)23(41)13-28(26)60-37;;/h1-5,7-13,54-55H,(H,56,57,58)(H2,43,44,47,48,49);;/q-1;2*+1/p-1. The molecule has 9 rings (SSSR count). The van der Waals surface area contributed by atoms with Crippen molar-refractivity contribution in [2.45, 2.75) is 4.90 Å². The van der Waals surface area contributed by atoms with Crippen molar-refractivity contribution < 1.29 is 82.3 Å². The maximum Gasteiger partial charge on any atom is 1.00 e.